The number of aromatic nitrogens is 2. The molecule has 4 aliphatic heterocycles. The number of ketones is 2. The molecule has 2 aromatic heterocycles. The molecule has 2 aromatic carbocycles. The highest BCUT2D eigenvalue weighted by Crippen LogP contribution is 2.27. The summed E-state index contributed by atoms with van der Waals surface area (Å²) in [5, 5.41) is 0. The maximum Gasteiger partial charge on any atom is 0.139 e. The summed E-state index contributed by atoms with van der Waals surface area (Å²) in [5.74, 6) is 2.50. The monoisotopic (exact) mass is 814 g/mol. The molecule has 0 aliphatic carbocycles. The summed E-state index contributed by atoms with van der Waals surface area (Å²) in [7, 11) is 3.35. The predicted molar refractivity (Wildman–Crippen MR) is 232 cm³/mol. The summed E-state index contributed by atoms with van der Waals surface area (Å²) in [5.41, 5.74) is 8.37. The fourth-order valence-electron chi connectivity index (χ4n) is 8.50. The number of morpholine rings is 2. The normalized spacial score (nSPS) is 19.3. The molecule has 0 amide bonds. The topological polar surface area (TPSA) is 128 Å². The number of pyridine rings is 2. The Morgan fingerprint density at radius 2 is 1.08 bits per heavy atom. The number of amidine groups is 2. The van der Waals surface area contributed by atoms with Crippen molar-refractivity contribution in [2.75, 3.05) is 66.8 Å². The number of hydrogen-bond donors (Lipinski definition) is 0. The van der Waals surface area contributed by atoms with E-state index in [9.17, 15) is 9.59 Å². The number of benzene rings is 2. The van der Waals surface area contributed by atoms with Crippen molar-refractivity contribution in [2.45, 2.75) is 76.7 Å². The molecule has 0 bridgehead atoms. The molecule has 4 aromatic rings. The molecular weight excluding hydrogens is 757 g/mol. The van der Waals surface area contributed by atoms with Crippen molar-refractivity contribution in [1.82, 2.24) is 19.8 Å². The fourth-order valence-corrected chi connectivity index (χ4v) is 8.50. The first kappa shape index (κ1) is 43.0. The van der Waals surface area contributed by atoms with Crippen molar-refractivity contribution < 1.29 is 28.5 Å². The number of ether oxygens (including phenoxy) is 4. The van der Waals surface area contributed by atoms with Crippen LogP contribution in [0.25, 0.3) is 0 Å². The van der Waals surface area contributed by atoms with Gasteiger partial charge in [0.15, 0.2) is 0 Å². The predicted octanol–water partition coefficient (Wildman–Crippen LogP) is 5.99. The Labute approximate surface area is 354 Å². The number of hydrogen-bond acceptors (Lipinski definition) is 12. The van der Waals surface area contributed by atoms with Crippen LogP contribution in [0.4, 0.5) is 0 Å². The molecule has 0 saturated carbocycles. The summed E-state index contributed by atoms with van der Waals surface area (Å²) in [6, 6.07) is 24.2. The van der Waals surface area contributed by atoms with Gasteiger partial charge >= 0.3 is 0 Å². The van der Waals surface area contributed by atoms with Crippen LogP contribution in [0, 0.1) is 0 Å². The molecule has 2 saturated heterocycles. The number of carbonyl (C=O) groups is 2. The van der Waals surface area contributed by atoms with Gasteiger partial charge in [0.25, 0.3) is 0 Å². The Morgan fingerprint density at radius 3 is 1.47 bits per heavy atom. The quantitative estimate of drug-likeness (QED) is 0.150. The van der Waals surface area contributed by atoms with Gasteiger partial charge in [-0.2, -0.15) is 0 Å². The summed E-state index contributed by atoms with van der Waals surface area (Å²) >= 11 is 0. The second kappa shape index (κ2) is 20.9. The first-order chi connectivity index (χ1) is 29.3. The van der Waals surface area contributed by atoms with Gasteiger partial charge in [0.2, 0.25) is 0 Å². The molecule has 0 spiro atoms. The minimum atomic E-state index is 0.0661. The van der Waals surface area contributed by atoms with E-state index in [0.29, 0.717) is 52.0 Å². The van der Waals surface area contributed by atoms with E-state index in [0.717, 1.165) is 95.8 Å². The number of Topliss-reactive ketones (excluding diaryl/α,β-unsaturated/α-hetero) is 2. The van der Waals surface area contributed by atoms with E-state index < -0.39 is 0 Å². The zero-order valence-corrected chi connectivity index (χ0v) is 35.4. The zero-order chi connectivity index (χ0) is 41.8. The van der Waals surface area contributed by atoms with E-state index >= 15 is 0 Å². The summed E-state index contributed by atoms with van der Waals surface area (Å²) in [6.07, 6.45) is 5.75. The van der Waals surface area contributed by atoms with E-state index in [2.05, 4.69) is 57.9 Å². The van der Waals surface area contributed by atoms with E-state index in [4.69, 9.17) is 28.9 Å². The molecule has 4 atom stereocenters. The van der Waals surface area contributed by atoms with Crippen molar-refractivity contribution in [3.05, 3.63) is 130 Å². The molecule has 6 heterocycles. The van der Waals surface area contributed by atoms with Crippen molar-refractivity contribution in [2.24, 2.45) is 9.98 Å². The lowest BCUT2D eigenvalue weighted by molar-refractivity contribution is -0.120. The van der Waals surface area contributed by atoms with Crippen molar-refractivity contribution >= 4 is 23.2 Å². The smallest absolute Gasteiger partial charge is 0.139 e. The standard InChI is InChI=1S/2C24H29N3O3/c2*1-17-15-27(8-9-30-17)24-23-14-25-21(10-19(23)13-26-24)12-22(28)11-20(16-29-2)18-6-4-3-5-7-18/h2*3-7,10,14,17,20H,8-9,11-13,15-16H2,1-2H3/t17-,20+;17-,20-/m01/s1. The maximum atomic E-state index is 12.8. The molecule has 0 radical (unpaired) electrons. The van der Waals surface area contributed by atoms with Gasteiger partial charge in [-0.25, -0.2) is 0 Å². The van der Waals surface area contributed by atoms with Crippen LogP contribution in [0.2, 0.25) is 0 Å². The molecule has 60 heavy (non-hydrogen) atoms. The van der Waals surface area contributed by atoms with Crippen LogP contribution in [0.5, 0.6) is 0 Å². The van der Waals surface area contributed by atoms with Gasteiger partial charge in [0, 0.05) is 113 Å². The molecule has 8 rings (SSSR count). The van der Waals surface area contributed by atoms with Crippen molar-refractivity contribution in [3.63, 3.8) is 0 Å². The SMILES string of the molecule is COC[C@@H](CC(=O)Cc1cc2c(cn1)C(N1CCO[C@@H](C)C1)=NC2)c1ccccc1.COC[C@@H](CC(=O)Cc1cc2c(cn1)C(N1CCO[C@H](C)C1)=NC2)c1ccccc1. The number of nitrogens with zero attached hydrogens (tertiary/aromatic N) is 6. The zero-order valence-electron chi connectivity index (χ0n) is 35.4. The number of aliphatic imine (C=N–C) groups is 2. The van der Waals surface area contributed by atoms with Crippen LogP contribution in [0.3, 0.4) is 0 Å². The molecule has 0 unspecified atom stereocenters. The summed E-state index contributed by atoms with van der Waals surface area (Å²) in [4.78, 5) is 48.8. The highest BCUT2D eigenvalue weighted by molar-refractivity contribution is 6.02. The summed E-state index contributed by atoms with van der Waals surface area (Å²) in [6.45, 7) is 11.4. The van der Waals surface area contributed by atoms with Crippen LogP contribution < -0.4 is 0 Å². The van der Waals surface area contributed by atoms with Crippen LogP contribution in [0.15, 0.2) is 95.2 Å². The van der Waals surface area contributed by atoms with Gasteiger partial charge in [-0.3, -0.25) is 29.5 Å². The van der Waals surface area contributed by atoms with E-state index in [1.54, 1.807) is 14.2 Å². The third-order valence-corrected chi connectivity index (χ3v) is 11.4. The lowest BCUT2D eigenvalue weighted by Gasteiger charge is -2.32. The van der Waals surface area contributed by atoms with E-state index in [-0.39, 0.29) is 35.6 Å². The molecule has 12 nitrogen and oxygen atoms in total. The average Bonchev–Trinajstić information content (AvgIpc) is 3.88. The minimum absolute atomic E-state index is 0.0661. The molecule has 2 fully saturated rings. The summed E-state index contributed by atoms with van der Waals surface area (Å²) < 4.78 is 22.0. The first-order valence-corrected chi connectivity index (χ1v) is 21.2. The second-order valence-corrected chi connectivity index (χ2v) is 16.2. The fraction of sp³-hybridized carbons (Fsp3) is 0.458. The first-order valence-electron chi connectivity index (χ1n) is 21.2. The van der Waals surface area contributed by atoms with Gasteiger partial charge in [0.05, 0.1) is 51.7 Å². The van der Waals surface area contributed by atoms with Gasteiger partial charge < -0.3 is 28.7 Å². The highest BCUT2D eigenvalue weighted by atomic mass is 16.5. The van der Waals surface area contributed by atoms with Crippen LogP contribution in [0.1, 0.15) is 83.3 Å². The van der Waals surface area contributed by atoms with Crippen molar-refractivity contribution in [1.29, 1.82) is 0 Å². The van der Waals surface area contributed by atoms with Gasteiger partial charge in [-0.15, -0.1) is 0 Å². The molecule has 316 valence electrons. The largest absolute Gasteiger partial charge is 0.384 e. The molecule has 0 N–H and O–H groups in total. The number of carbonyl (C=O) groups excluding carboxylic acids is 2. The Hall–Kier alpha value is -5.14. The van der Waals surface area contributed by atoms with Gasteiger partial charge in [-0.05, 0) is 48.2 Å². The van der Waals surface area contributed by atoms with Crippen LogP contribution in [-0.4, -0.2) is 122 Å². The molecule has 12 heteroatoms. The van der Waals surface area contributed by atoms with E-state index in [1.807, 2.05) is 60.9 Å². The second-order valence-electron chi connectivity index (χ2n) is 16.2. The minimum Gasteiger partial charge on any atom is -0.384 e. The Balaban J connectivity index is 0.000000181. The van der Waals surface area contributed by atoms with Gasteiger partial charge in [-0.1, -0.05) is 60.7 Å². The maximum absolute atomic E-state index is 12.8. The Morgan fingerprint density at radius 1 is 0.667 bits per heavy atom. The number of rotatable bonds is 14. The average molecular weight is 815 g/mol. The Bertz CT molecular complexity index is 1980. The number of fused-ring (bicyclic) bond motifs is 2. The third-order valence-electron chi connectivity index (χ3n) is 11.4. The van der Waals surface area contributed by atoms with Crippen LogP contribution in [-0.2, 0) is 54.5 Å². The lowest BCUT2D eigenvalue weighted by Crippen LogP contribution is -2.44. The molecular formula is C48H58N6O6. The van der Waals surface area contributed by atoms with Crippen molar-refractivity contribution in [3.8, 4) is 0 Å². The van der Waals surface area contributed by atoms with Gasteiger partial charge in [0.1, 0.15) is 23.2 Å². The van der Waals surface area contributed by atoms with E-state index in [1.165, 1.54) is 0 Å². The molecule has 4 aliphatic rings. The highest BCUT2D eigenvalue weighted by Gasteiger charge is 2.28. The lowest BCUT2D eigenvalue weighted by atomic mass is 9.93. The third kappa shape index (κ3) is 11.2. The Kier molecular flexibility index (Phi) is 15.0. The number of methoxy groups -OCH3 is 2. The van der Waals surface area contributed by atoms with Crippen LogP contribution >= 0.6 is 0 Å².